The molecule has 1 aromatic carbocycles. The van der Waals surface area contributed by atoms with Gasteiger partial charge in [0.1, 0.15) is 5.75 Å². The third-order valence-electron chi connectivity index (χ3n) is 4.32. The molecule has 0 bridgehead atoms. The average Bonchev–Trinajstić information content (AvgIpc) is 2.59. The normalized spacial score (nSPS) is 20.2. The average molecular weight is 336 g/mol. The Hall–Kier alpha value is -2.64. The third kappa shape index (κ3) is 4.21. The molecule has 2 atom stereocenters. The zero-order valence-corrected chi connectivity index (χ0v) is 13.4. The second kappa shape index (κ2) is 7.76. The highest BCUT2D eigenvalue weighted by Crippen LogP contribution is 2.30. The molecule has 1 aromatic rings. The lowest BCUT2D eigenvalue weighted by molar-refractivity contribution is -0.384. The third-order valence-corrected chi connectivity index (χ3v) is 4.32. The minimum absolute atomic E-state index is 0.0799. The molecular weight excluding hydrogens is 316 g/mol. The summed E-state index contributed by atoms with van der Waals surface area (Å²) in [7, 11) is 1.45. The van der Waals surface area contributed by atoms with E-state index in [9.17, 15) is 19.7 Å². The van der Waals surface area contributed by atoms with Crippen molar-refractivity contribution in [3.63, 3.8) is 0 Å². The number of carboxylic acids is 1. The Morgan fingerprint density at radius 2 is 2.08 bits per heavy atom. The predicted molar refractivity (Wildman–Crippen MR) is 84.6 cm³/mol. The first-order valence-corrected chi connectivity index (χ1v) is 7.74. The zero-order chi connectivity index (χ0) is 17.7. The number of ether oxygens (including phenoxy) is 1. The van der Waals surface area contributed by atoms with E-state index in [4.69, 9.17) is 9.84 Å². The molecule has 8 heteroatoms. The summed E-state index contributed by atoms with van der Waals surface area (Å²) in [5, 5.41) is 22.7. The lowest BCUT2D eigenvalue weighted by atomic mass is 9.81. The van der Waals surface area contributed by atoms with Gasteiger partial charge in [0.05, 0.1) is 18.0 Å². The van der Waals surface area contributed by atoms with Crippen molar-refractivity contribution >= 4 is 17.6 Å². The zero-order valence-electron chi connectivity index (χ0n) is 13.4. The summed E-state index contributed by atoms with van der Waals surface area (Å²) >= 11 is 0. The van der Waals surface area contributed by atoms with Gasteiger partial charge in [0.15, 0.2) is 0 Å². The number of nitrogens with zero attached hydrogens (tertiary/aromatic N) is 1. The van der Waals surface area contributed by atoms with Gasteiger partial charge in [-0.25, -0.2) is 0 Å². The Kier molecular flexibility index (Phi) is 5.73. The number of nitro groups is 1. The smallest absolute Gasteiger partial charge is 0.306 e. The highest BCUT2D eigenvalue weighted by atomic mass is 16.6. The van der Waals surface area contributed by atoms with Gasteiger partial charge < -0.3 is 15.2 Å². The van der Waals surface area contributed by atoms with Crippen molar-refractivity contribution in [2.75, 3.05) is 7.11 Å². The standard InChI is InChI=1S/C16H20N2O6/c1-24-14-6-5-13(18(22)23)8-12(14)9-17-15(19)10-3-2-4-11(7-10)16(20)21/h5-6,8,10-11H,2-4,7,9H2,1H3,(H,17,19)(H,20,21). The summed E-state index contributed by atoms with van der Waals surface area (Å²) in [5.74, 6) is -1.47. The topological polar surface area (TPSA) is 119 Å². The Balaban J connectivity index is 2.02. The number of methoxy groups -OCH3 is 1. The van der Waals surface area contributed by atoms with E-state index in [1.54, 1.807) is 0 Å². The first-order chi connectivity index (χ1) is 11.4. The first kappa shape index (κ1) is 17.7. The number of amides is 1. The van der Waals surface area contributed by atoms with Crippen LogP contribution in [0, 0.1) is 22.0 Å². The molecule has 1 aliphatic rings. The quantitative estimate of drug-likeness (QED) is 0.606. The molecular formula is C16H20N2O6. The van der Waals surface area contributed by atoms with E-state index in [-0.39, 0.29) is 24.1 Å². The van der Waals surface area contributed by atoms with E-state index < -0.39 is 16.8 Å². The fraction of sp³-hybridized carbons (Fsp3) is 0.500. The molecule has 1 aliphatic carbocycles. The van der Waals surface area contributed by atoms with Gasteiger partial charge in [-0.2, -0.15) is 0 Å². The highest BCUT2D eigenvalue weighted by Gasteiger charge is 2.31. The molecule has 1 saturated carbocycles. The second-order valence-corrected chi connectivity index (χ2v) is 5.87. The monoisotopic (exact) mass is 336 g/mol. The molecule has 0 aromatic heterocycles. The molecule has 2 N–H and O–H groups in total. The largest absolute Gasteiger partial charge is 0.496 e. The molecule has 0 radical (unpaired) electrons. The van der Waals surface area contributed by atoms with Crippen molar-refractivity contribution in [1.29, 1.82) is 0 Å². The van der Waals surface area contributed by atoms with Crippen molar-refractivity contribution < 1.29 is 24.4 Å². The van der Waals surface area contributed by atoms with Crippen LogP contribution >= 0.6 is 0 Å². The molecule has 0 spiro atoms. The summed E-state index contributed by atoms with van der Waals surface area (Å²) < 4.78 is 5.15. The molecule has 8 nitrogen and oxygen atoms in total. The van der Waals surface area contributed by atoms with Gasteiger partial charge in [0.2, 0.25) is 5.91 Å². The van der Waals surface area contributed by atoms with E-state index in [0.717, 1.165) is 0 Å². The number of benzene rings is 1. The number of rotatable bonds is 6. The molecule has 1 fully saturated rings. The number of carbonyl (C=O) groups is 2. The number of hydrogen-bond acceptors (Lipinski definition) is 5. The molecule has 2 unspecified atom stereocenters. The van der Waals surface area contributed by atoms with Crippen LogP contribution in [0.4, 0.5) is 5.69 Å². The van der Waals surface area contributed by atoms with Crippen LogP contribution in [0.15, 0.2) is 18.2 Å². The Morgan fingerprint density at radius 3 is 2.71 bits per heavy atom. The second-order valence-electron chi connectivity index (χ2n) is 5.87. The van der Waals surface area contributed by atoms with E-state index in [1.807, 2.05) is 0 Å². The van der Waals surface area contributed by atoms with Crippen LogP contribution in [0.2, 0.25) is 0 Å². The number of hydrogen-bond donors (Lipinski definition) is 2. The summed E-state index contributed by atoms with van der Waals surface area (Å²) in [5.41, 5.74) is 0.425. The van der Waals surface area contributed by atoms with E-state index in [1.165, 1.54) is 25.3 Å². The van der Waals surface area contributed by atoms with Crippen LogP contribution in [0.25, 0.3) is 0 Å². The van der Waals surface area contributed by atoms with Gasteiger partial charge >= 0.3 is 5.97 Å². The summed E-state index contributed by atoms with van der Waals surface area (Å²) in [6.45, 7) is 0.0952. The van der Waals surface area contributed by atoms with Crippen LogP contribution < -0.4 is 10.1 Å². The molecule has 130 valence electrons. The van der Waals surface area contributed by atoms with E-state index in [2.05, 4.69) is 5.32 Å². The molecule has 1 amide bonds. The number of aliphatic carboxylic acids is 1. The Morgan fingerprint density at radius 1 is 1.38 bits per heavy atom. The summed E-state index contributed by atoms with van der Waals surface area (Å²) in [6, 6.07) is 4.18. The molecule has 0 saturated heterocycles. The van der Waals surface area contributed by atoms with Crippen LogP contribution in [0.3, 0.4) is 0 Å². The van der Waals surface area contributed by atoms with E-state index >= 15 is 0 Å². The molecule has 0 aliphatic heterocycles. The fourth-order valence-corrected chi connectivity index (χ4v) is 3.00. The minimum atomic E-state index is -0.868. The van der Waals surface area contributed by atoms with Gasteiger partial charge in [-0.05, 0) is 25.3 Å². The maximum Gasteiger partial charge on any atom is 0.306 e. The maximum absolute atomic E-state index is 12.3. The number of nitro benzene ring substituents is 1. The SMILES string of the molecule is COc1ccc([N+](=O)[O-])cc1CNC(=O)C1CCCC(C(=O)O)C1. The maximum atomic E-state index is 12.3. The molecule has 2 rings (SSSR count). The van der Waals surface area contributed by atoms with Crippen molar-refractivity contribution in [3.05, 3.63) is 33.9 Å². The number of carboxylic acid groups (broad SMARTS) is 1. The fourth-order valence-electron chi connectivity index (χ4n) is 3.00. The van der Waals surface area contributed by atoms with Crippen molar-refractivity contribution in [1.82, 2.24) is 5.32 Å². The van der Waals surface area contributed by atoms with Crippen molar-refractivity contribution in [3.8, 4) is 5.75 Å². The van der Waals surface area contributed by atoms with Crippen LogP contribution in [-0.4, -0.2) is 29.0 Å². The van der Waals surface area contributed by atoms with Gasteiger partial charge in [-0.15, -0.1) is 0 Å². The van der Waals surface area contributed by atoms with E-state index in [0.29, 0.717) is 37.0 Å². The van der Waals surface area contributed by atoms with Gasteiger partial charge in [-0.3, -0.25) is 19.7 Å². The Labute approximate surface area is 139 Å². The first-order valence-electron chi connectivity index (χ1n) is 7.74. The lowest BCUT2D eigenvalue weighted by Crippen LogP contribution is -2.35. The van der Waals surface area contributed by atoms with Gasteiger partial charge in [-0.1, -0.05) is 6.42 Å². The van der Waals surface area contributed by atoms with Crippen molar-refractivity contribution in [2.24, 2.45) is 11.8 Å². The molecule has 0 heterocycles. The highest BCUT2D eigenvalue weighted by molar-refractivity contribution is 5.80. The van der Waals surface area contributed by atoms with Gasteiger partial charge in [0.25, 0.3) is 5.69 Å². The number of carbonyl (C=O) groups excluding carboxylic acids is 1. The van der Waals surface area contributed by atoms with Crippen LogP contribution in [-0.2, 0) is 16.1 Å². The molecule has 24 heavy (non-hydrogen) atoms. The minimum Gasteiger partial charge on any atom is -0.496 e. The number of non-ortho nitro benzene ring substituents is 1. The Bertz CT molecular complexity index is 645. The van der Waals surface area contributed by atoms with Crippen molar-refractivity contribution in [2.45, 2.75) is 32.2 Å². The van der Waals surface area contributed by atoms with Crippen LogP contribution in [0.5, 0.6) is 5.75 Å². The van der Waals surface area contributed by atoms with Gasteiger partial charge in [0, 0.05) is 30.2 Å². The van der Waals surface area contributed by atoms with Crippen LogP contribution in [0.1, 0.15) is 31.2 Å². The lowest BCUT2D eigenvalue weighted by Gasteiger charge is -2.25. The number of nitrogens with one attached hydrogen (secondary N) is 1. The summed E-state index contributed by atoms with van der Waals surface area (Å²) in [6.07, 6.45) is 2.28. The summed E-state index contributed by atoms with van der Waals surface area (Å²) in [4.78, 5) is 33.7. The predicted octanol–water partition coefficient (Wildman–Crippen LogP) is 2.11.